The van der Waals surface area contributed by atoms with Gasteiger partial charge in [-0.2, -0.15) is 0 Å². The number of aromatic nitrogens is 1. The number of hydrogen-bond donors (Lipinski definition) is 0. The Labute approximate surface area is 259 Å². The Morgan fingerprint density at radius 3 is 2.04 bits per heavy atom. The number of furan rings is 1. The predicted octanol–water partition coefficient (Wildman–Crippen LogP) is 11.7. The van der Waals surface area contributed by atoms with Crippen LogP contribution in [0.3, 0.4) is 0 Å². The molecule has 0 bridgehead atoms. The maximum absolute atomic E-state index is 6.21. The number of hydrogen-bond acceptors (Lipinski definition) is 4. The Morgan fingerprint density at radius 1 is 0.444 bits per heavy atom. The van der Waals surface area contributed by atoms with Crippen molar-refractivity contribution in [3.63, 3.8) is 0 Å². The molecule has 0 N–H and O–H groups in total. The lowest BCUT2D eigenvalue weighted by molar-refractivity contribution is 0.620. The first kappa shape index (κ1) is 25.4. The standard InChI is InChI=1S/C41H26N2O2/c1-3-11-27(12-4-1)41-42-40-34-23-22-32(26-29(34)21-24-38(40)45-41)43(30-14-5-2-6-15-30)31-16-9-13-28(25-31)33-18-10-20-37-39(33)35-17-7-8-19-36(35)44-37/h1-26H. The molecule has 9 aromatic rings. The summed E-state index contributed by atoms with van der Waals surface area (Å²) in [5.74, 6) is 0.630. The Morgan fingerprint density at radius 2 is 1.16 bits per heavy atom. The third-order valence-corrected chi connectivity index (χ3v) is 8.47. The molecule has 4 nitrogen and oxygen atoms in total. The average molecular weight is 579 g/mol. The van der Waals surface area contributed by atoms with Crippen LogP contribution in [-0.2, 0) is 0 Å². The van der Waals surface area contributed by atoms with Crippen LogP contribution >= 0.6 is 0 Å². The van der Waals surface area contributed by atoms with E-state index in [0.717, 1.165) is 77.6 Å². The molecule has 0 saturated heterocycles. The summed E-state index contributed by atoms with van der Waals surface area (Å²) in [6.45, 7) is 0. The summed E-state index contributed by atoms with van der Waals surface area (Å²) >= 11 is 0. The zero-order chi connectivity index (χ0) is 29.7. The minimum absolute atomic E-state index is 0.630. The van der Waals surface area contributed by atoms with Gasteiger partial charge in [-0.15, -0.1) is 0 Å². The van der Waals surface area contributed by atoms with E-state index in [4.69, 9.17) is 13.8 Å². The number of oxazole rings is 1. The van der Waals surface area contributed by atoms with Crippen molar-refractivity contribution in [2.45, 2.75) is 0 Å². The largest absolute Gasteiger partial charge is 0.456 e. The predicted molar refractivity (Wildman–Crippen MR) is 184 cm³/mol. The van der Waals surface area contributed by atoms with Crippen LogP contribution in [0.5, 0.6) is 0 Å². The first-order valence-electron chi connectivity index (χ1n) is 15.0. The summed E-state index contributed by atoms with van der Waals surface area (Å²) < 4.78 is 12.4. The molecular weight excluding hydrogens is 552 g/mol. The highest BCUT2D eigenvalue weighted by molar-refractivity contribution is 6.12. The van der Waals surface area contributed by atoms with Crippen LogP contribution in [0.2, 0.25) is 0 Å². The van der Waals surface area contributed by atoms with E-state index in [1.54, 1.807) is 0 Å². The summed E-state index contributed by atoms with van der Waals surface area (Å²) in [5.41, 5.74) is 9.88. The first-order valence-corrected chi connectivity index (χ1v) is 15.0. The van der Waals surface area contributed by atoms with Crippen molar-refractivity contribution in [2.75, 3.05) is 4.90 Å². The van der Waals surface area contributed by atoms with Crippen LogP contribution in [-0.4, -0.2) is 4.98 Å². The van der Waals surface area contributed by atoms with Gasteiger partial charge in [-0.05, 0) is 89.3 Å². The van der Waals surface area contributed by atoms with E-state index in [1.807, 2.05) is 54.6 Å². The Balaban J connectivity index is 1.19. The molecule has 0 aliphatic rings. The molecule has 0 fully saturated rings. The third-order valence-electron chi connectivity index (χ3n) is 8.47. The molecule has 0 amide bonds. The Bertz CT molecular complexity index is 2490. The normalized spacial score (nSPS) is 11.6. The molecule has 212 valence electrons. The maximum atomic E-state index is 6.21. The van der Waals surface area contributed by atoms with Gasteiger partial charge in [-0.3, -0.25) is 0 Å². The molecule has 0 saturated carbocycles. The van der Waals surface area contributed by atoms with Crippen molar-refractivity contribution in [2.24, 2.45) is 0 Å². The number of para-hydroxylation sites is 2. The van der Waals surface area contributed by atoms with Gasteiger partial charge in [-0.25, -0.2) is 4.98 Å². The highest BCUT2D eigenvalue weighted by Gasteiger charge is 2.18. The van der Waals surface area contributed by atoms with E-state index in [2.05, 4.69) is 108 Å². The molecular formula is C41H26N2O2. The summed E-state index contributed by atoms with van der Waals surface area (Å²) in [6.07, 6.45) is 0. The molecule has 4 heteroatoms. The number of rotatable bonds is 5. The molecule has 0 spiro atoms. The lowest BCUT2D eigenvalue weighted by Gasteiger charge is -2.26. The van der Waals surface area contributed by atoms with Crippen LogP contribution in [0.1, 0.15) is 0 Å². The summed E-state index contributed by atoms with van der Waals surface area (Å²) in [4.78, 5) is 7.21. The third kappa shape index (κ3) is 4.27. The molecule has 0 atom stereocenters. The van der Waals surface area contributed by atoms with Gasteiger partial charge in [0.1, 0.15) is 16.7 Å². The van der Waals surface area contributed by atoms with E-state index < -0.39 is 0 Å². The second kappa shape index (κ2) is 10.2. The number of nitrogens with zero attached hydrogens (tertiary/aromatic N) is 2. The lowest BCUT2D eigenvalue weighted by Crippen LogP contribution is -2.09. The van der Waals surface area contributed by atoms with Crippen molar-refractivity contribution >= 4 is 60.9 Å². The minimum Gasteiger partial charge on any atom is -0.456 e. The molecule has 0 unspecified atom stereocenters. The fraction of sp³-hybridized carbons (Fsp3) is 0. The average Bonchev–Trinajstić information content (AvgIpc) is 3.72. The van der Waals surface area contributed by atoms with Crippen molar-refractivity contribution in [3.05, 3.63) is 158 Å². The van der Waals surface area contributed by atoms with Crippen molar-refractivity contribution in [1.82, 2.24) is 4.98 Å². The highest BCUT2D eigenvalue weighted by Crippen LogP contribution is 2.41. The summed E-state index contributed by atoms with van der Waals surface area (Å²) in [6, 6.07) is 54.5. The second-order valence-electron chi connectivity index (χ2n) is 11.2. The van der Waals surface area contributed by atoms with Crippen LogP contribution in [0, 0.1) is 0 Å². The van der Waals surface area contributed by atoms with Gasteiger partial charge in [0.2, 0.25) is 5.89 Å². The van der Waals surface area contributed by atoms with Crippen LogP contribution in [0.25, 0.3) is 66.4 Å². The van der Waals surface area contributed by atoms with Crippen LogP contribution in [0.15, 0.2) is 167 Å². The molecule has 0 radical (unpaired) electrons. The second-order valence-corrected chi connectivity index (χ2v) is 11.2. The number of fused-ring (bicyclic) bond motifs is 6. The van der Waals surface area contributed by atoms with Gasteiger partial charge in [0.25, 0.3) is 0 Å². The van der Waals surface area contributed by atoms with Gasteiger partial charge < -0.3 is 13.7 Å². The molecule has 45 heavy (non-hydrogen) atoms. The Kier molecular flexibility index (Phi) is 5.78. The molecule has 2 aromatic heterocycles. The van der Waals surface area contributed by atoms with E-state index in [1.165, 1.54) is 0 Å². The van der Waals surface area contributed by atoms with E-state index in [9.17, 15) is 0 Å². The molecule has 0 aliphatic heterocycles. The van der Waals surface area contributed by atoms with E-state index in [0.29, 0.717) is 5.89 Å². The van der Waals surface area contributed by atoms with E-state index in [-0.39, 0.29) is 0 Å². The summed E-state index contributed by atoms with van der Waals surface area (Å²) in [5, 5.41) is 4.41. The van der Waals surface area contributed by atoms with Gasteiger partial charge in [-0.1, -0.05) is 84.9 Å². The first-order chi connectivity index (χ1) is 22.3. The minimum atomic E-state index is 0.630. The molecule has 2 heterocycles. The zero-order valence-electron chi connectivity index (χ0n) is 24.2. The SMILES string of the molecule is c1ccc(-c2nc3c(ccc4cc(N(c5ccccc5)c5cccc(-c6cccc7oc8ccccc8c67)c5)ccc43)o2)cc1. The van der Waals surface area contributed by atoms with Crippen molar-refractivity contribution < 1.29 is 8.83 Å². The van der Waals surface area contributed by atoms with Gasteiger partial charge in [0.15, 0.2) is 5.58 Å². The fourth-order valence-electron chi connectivity index (χ4n) is 6.40. The highest BCUT2D eigenvalue weighted by atomic mass is 16.3. The number of benzene rings is 7. The van der Waals surface area contributed by atoms with Crippen LogP contribution < -0.4 is 4.90 Å². The maximum Gasteiger partial charge on any atom is 0.227 e. The topological polar surface area (TPSA) is 42.4 Å². The molecule has 0 aliphatic carbocycles. The quantitative estimate of drug-likeness (QED) is 0.204. The summed E-state index contributed by atoms with van der Waals surface area (Å²) in [7, 11) is 0. The Hall–Kier alpha value is -6.13. The molecule has 9 rings (SSSR count). The van der Waals surface area contributed by atoms with Crippen LogP contribution in [0.4, 0.5) is 17.1 Å². The van der Waals surface area contributed by atoms with Gasteiger partial charge in [0, 0.05) is 38.8 Å². The zero-order valence-corrected chi connectivity index (χ0v) is 24.2. The fourth-order valence-corrected chi connectivity index (χ4v) is 6.40. The monoisotopic (exact) mass is 578 g/mol. The number of anilines is 3. The lowest BCUT2D eigenvalue weighted by atomic mass is 9.98. The van der Waals surface area contributed by atoms with E-state index >= 15 is 0 Å². The molecule has 7 aromatic carbocycles. The van der Waals surface area contributed by atoms with Gasteiger partial charge >= 0.3 is 0 Å². The van der Waals surface area contributed by atoms with Crippen molar-refractivity contribution in [1.29, 1.82) is 0 Å². The smallest absolute Gasteiger partial charge is 0.227 e. The van der Waals surface area contributed by atoms with Gasteiger partial charge in [0.05, 0.1) is 0 Å². The van der Waals surface area contributed by atoms with Crippen molar-refractivity contribution in [3.8, 4) is 22.6 Å².